The second-order valence-corrected chi connectivity index (χ2v) is 5.47. The molecule has 0 spiro atoms. The van der Waals surface area contributed by atoms with E-state index in [9.17, 15) is 4.79 Å². The molecule has 1 aliphatic heterocycles. The first-order chi connectivity index (χ1) is 8.54. The minimum atomic E-state index is 0.130. The fraction of sp³-hybridized carbons (Fsp3) is 0.533. The van der Waals surface area contributed by atoms with Gasteiger partial charge >= 0.3 is 0 Å². The molecule has 1 aromatic carbocycles. The van der Waals surface area contributed by atoms with Crippen LogP contribution in [0.2, 0.25) is 0 Å². The van der Waals surface area contributed by atoms with Gasteiger partial charge in [0.1, 0.15) is 0 Å². The Kier molecular flexibility index (Phi) is 4.02. The summed E-state index contributed by atoms with van der Waals surface area (Å²) in [6.07, 6.45) is 2.50. The molecule has 0 fully saturated rings. The molecule has 2 N–H and O–H groups in total. The van der Waals surface area contributed by atoms with Crippen LogP contribution >= 0.6 is 0 Å². The highest BCUT2D eigenvalue weighted by atomic mass is 16.1. The average Bonchev–Trinajstić information content (AvgIpc) is 2.28. The Labute approximate surface area is 109 Å². The smallest absolute Gasteiger partial charge is 0.224 e. The molecule has 1 unspecified atom stereocenters. The van der Waals surface area contributed by atoms with E-state index < -0.39 is 0 Å². The Morgan fingerprint density at radius 3 is 2.78 bits per heavy atom. The minimum Gasteiger partial charge on any atom is -0.326 e. The highest BCUT2D eigenvalue weighted by Gasteiger charge is 2.15. The molecule has 0 aromatic heterocycles. The molecule has 1 atom stereocenters. The van der Waals surface area contributed by atoms with E-state index >= 15 is 0 Å². The molecule has 1 heterocycles. The van der Waals surface area contributed by atoms with Gasteiger partial charge in [-0.3, -0.25) is 4.79 Å². The number of aryl methyl sites for hydroxylation is 1. The molecule has 0 bridgehead atoms. The largest absolute Gasteiger partial charge is 0.326 e. The maximum atomic E-state index is 11.3. The molecule has 0 saturated carbocycles. The van der Waals surface area contributed by atoms with Crippen LogP contribution in [0.25, 0.3) is 0 Å². The average molecular weight is 246 g/mol. The van der Waals surface area contributed by atoms with E-state index in [1.807, 2.05) is 6.07 Å². The maximum Gasteiger partial charge on any atom is 0.224 e. The lowest BCUT2D eigenvalue weighted by molar-refractivity contribution is -0.116. The Bertz CT molecular complexity index is 440. The van der Waals surface area contributed by atoms with Gasteiger partial charge in [0.2, 0.25) is 5.91 Å². The minimum absolute atomic E-state index is 0.130. The summed E-state index contributed by atoms with van der Waals surface area (Å²) in [6, 6.07) is 7.36. The molecule has 3 nitrogen and oxygen atoms in total. The van der Waals surface area contributed by atoms with Crippen LogP contribution in [-0.2, 0) is 17.6 Å². The Morgan fingerprint density at radius 1 is 1.28 bits per heavy atom. The number of carbonyl (C=O) groups is 1. The lowest BCUT2D eigenvalue weighted by Gasteiger charge is -2.20. The fourth-order valence-electron chi connectivity index (χ4n) is 2.55. The van der Waals surface area contributed by atoms with Gasteiger partial charge in [0.15, 0.2) is 0 Å². The molecule has 18 heavy (non-hydrogen) atoms. The van der Waals surface area contributed by atoms with Crippen molar-refractivity contribution in [3.05, 3.63) is 29.3 Å². The van der Waals surface area contributed by atoms with E-state index in [1.54, 1.807) is 0 Å². The molecule has 1 aromatic rings. The second-order valence-electron chi connectivity index (χ2n) is 5.47. The highest BCUT2D eigenvalue weighted by molar-refractivity contribution is 5.93. The first-order valence-electron chi connectivity index (χ1n) is 6.72. The van der Waals surface area contributed by atoms with Gasteiger partial charge in [-0.05, 0) is 37.0 Å². The number of hydrogen-bond acceptors (Lipinski definition) is 2. The predicted octanol–water partition coefficient (Wildman–Crippen LogP) is 2.50. The quantitative estimate of drug-likeness (QED) is 0.857. The van der Waals surface area contributed by atoms with Crippen LogP contribution in [0.4, 0.5) is 5.69 Å². The van der Waals surface area contributed by atoms with Gasteiger partial charge < -0.3 is 10.6 Å². The molecular formula is C15H22N2O. The van der Waals surface area contributed by atoms with Gasteiger partial charge in [0, 0.05) is 24.2 Å². The lowest BCUT2D eigenvalue weighted by atomic mass is 9.97. The molecule has 1 aliphatic rings. The number of fused-ring (bicyclic) bond motifs is 1. The van der Waals surface area contributed by atoms with Crippen molar-refractivity contribution in [2.45, 2.75) is 52.1 Å². The molecule has 0 radical (unpaired) electrons. The van der Waals surface area contributed by atoms with Gasteiger partial charge in [-0.25, -0.2) is 0 Å². The number of hydrogen-bond donors (Lipinski definition) is 2. The van der Waals surface area contributed by atoms with Crippen LogP contribution in [-0.4, -0.2) is 18.0 Å². The summed E-state index contributed by atoms with van der Waals surface area (Å²) in [5.74, 6) is 0.130. The van der Waals surface area contributed by atoms with Crippen molar-refractivity contribution in [1.82, 2.24) is 5.32 Å². The first-order valence-corrected chi connectivity index (χ1v) is 6.72. The van der Waals surface area contributed by atoms with Gasteiger partial charge in [-0.2, -0.15) is 0 Å². The van der Waals surface area contributed by atoms with Crippen LogP contribution < -0.4 is 10.6 Å². The zero-order valence-corrected chi connectivity index (χ0v) is 11.4. The monoisotopic (exact) mass is 246 g/mol. The molecule has 98 valence electrons. The fourth-order valence-corrected chi connectivity index (χ4v) is 2.55. The Morgan fingerprint density at radius 2 is 2.06 bits per heavy atom. The second kappa shape index (κ2) is 5.53. The summed E-state index contributed by atoms with van der Waals surface area (Å²) in [5.41, 5.74) is 3.59. The first kappa shape index (κ1) is 13.1. The lowest BCUT2D eigenvalue weighted by Crippen LogP contribution is -2.33. The number of rotatable bonds is 4. The van der Waals surface area contributed by atoms with Crippen molar-refractivity contribution in [3.8, 4) is 0 Å². The summed E-state index contributed by atoms with van der Waals surface area (Å²) in [6.45, 7) is 6.54. The molecule has 0 saturated heterocycles. The number of nitrogens with one attached hydrogen (secondary N) is 2. The van der Waals surface area contributed by atoms with Crippen LogP contribution in [0.3, 0.4) is 0 Å². The summed E-state index contributed by atoms with van der Waals surface area (Å²) in [4.78, 5) is 11.3. The van der Waals surface area contributed by atoms with E-state index in [-0.39, 0.29) is 5.91 Å². The molecule has 3 heteroatoms. The predicted molar refractivity (Wildman–Crippen MR) is 74.8 cm³/mol. The van der Waals surface area contributed by atoms with Crippen molar-refractivity contribution < 1.29 is 4.79 Å². The van der Waals surface area contributed by atoms with Crippen LogP contribution in [0.15, 0.2) is 18.2 Å². The highest BCUT2D eigenvalue weighted by Crippen LogP contribution is 2.24. The van der Waals surface area contributed by atoms with Gasteiger partial charge in [-0.1, -0.05) is 26.0 Å². The van der Waals surface area contributed by atoms with E-state index in [0.717, 1.165) is 18.5 Å². The third-order valence-electron chi connectivity index (χ3n) is 3.22. The van der Waals surface area contributed by atoms with E-state index in [0.29, 0.717) is 18.5 Å². The standard InChI is InChI=1S/C15H22N2O/c1-10(2)16-11(3)8-12-4-6-14-13(9-12)5-7-15(18)17-14/h4,6,9-11,16H,5,7-8H2,1-3H3,(H,17,18). The number of benzene rings is 1. The van der Waals surface area contributed by atoms with Gasteiger partial charge in [0.05, 0.1) is 0 Å². The van der Waals surface area contributed by atoms with Gasteiger partial charge in [-0.15, -0.1) is 0 Å². The van der Waals surface area contributed by atoms with Crippen molar-refractivity contribution >= 4 is 11.6 Å². The summed E-state index contributed by atoms with van der Waals surface area (Å²) >= 11 is 0. The molecule has 1 amide bonds. The number of carbonyl (C=O) groups excluding carboxylic acids is 1. The SMILES string of the molecule is CC(C)NC(C)Cc1ccc2c(c1)CCC(=O)N2. The third-order valence-corrected chi connectivity index (χ3v) is 3.22. The normalized spacial score (nSPS) is 16.3. The van der Waals surface area contributed by atoms with Crippen molar-refractivity contribution in [2.24, 2.45) is 0 Å². The number of anilines is 1. The summed E-state index contributed by atoms with van der Waals surface area (Å²) in [5, 5.41) is 6.43. The Hall–Kier alpha value is -1.35. The Balaban J connectivity index is 2.05. The van der Waals surface area contributed by atoms with Crippen LogP contribution in [0, 0.1) is 0 Å². The molecule has 0 aliphatic carbocycles. The van der Waals surface area contributed by atoms with Gasteiger partial charge in [0.25, 0.3) is 0 Å². The zero-order valence-electron chi connectivity index (χ0n) is 11.4. The maximum absolute atomic E-state index is 11.3. The van der Waals surface area contributed by atoms with Crippen LogP contribution in [0.1, 0.15) is 38.3 Å². The topological polar surface area (TPSA) is 41.1 Å². The van der Waals surface area contributed by atoms with E-state index in [2.05, 4.69) is 43.5 Å². The van der Waals surface area contributed by atoms with E-state index in [1.165, 1.54) is 11.1 Å². The third kappa shape index (κ3) is 3.33. The van der Waals surface area contributed by atoms with Crippen LogP contribution in [0.5, 0.6) is 0 Å². The molecular weight excluding hydrogens is 224 g/mol. The molecule has 2 rings (SSSR count). The van der Waals surface area contributed by atoms with E-state index in [4.69, 9.17) is 0 Å². The zero-order chi connectivity index (χ0) is 13.1. The number of amides is 1. The summed E-state index contributed by atoms with van der Waals surface area (Å²) in [7, 11) is 0. The summed E-state index contributed by atoms with van der Waals surface area (Å²) < 4.78 is 0. The van der Waals surface area contributed by atoms with Crippen molar-refractivity contribution in [3.63, 3.8) is 0 Å². The van der Waals surface area contributed by atoms with Crippen molar-refractivity contribution in [1.29, 1.82) is 0 Å². The van der Waals surface area contributed by atoms with Crippen molar-refractivity contribution in [2.75, 3.05) is 5.32 Å².